The van der Waals surface area contributed by atoms with Crippen LogP contribution in [-0.2, 0) is 21.9 Å². The van der Waals surface area contributed by atoms with Gasteiger partial charge < -0.3 is 14.8 Å². The summed E-state index contributed by atoms with van der Waals surface area (Å²) in [4.78, 5) is 25.8. The van der Waals surface area contributed by atoms with E-state index in [1.54, 1.807) is 18.2 Å². The highest BCUT2D eigenvalue weighted by molar-refractivity contribution is 5.90. The number of cyclic esters (lactones) is 1. The van der Waals surface area contributed by atoms with Crippen molar-refractivity contribution in [2.24, 2.45) is 0 Å². The summed E-state index contributed by atoms with van der Waals surface area (Å²) in [6.45, 7) is 2.99. The van der Waals surface area contributed by atoms with Gasteiger partial charge >= 0.3 is 18.4 Å². The minimum atomic E-state index is -5.02. The van der Waals surface area contributed by atoms with Gasteiger partial charge in [-0.2, -0.15) is 26.3 Å². The van der Waals surface area contributed by atoms with E-state index >= 15 is 0 Å². The van der Waals surface area contributed by atoms with Crippen LogP contribution in [0.2, 0.25) is 0 Å². The highest BCUT2D eigenvalue weighted by Gasteiger charge is 2.43. The van der Waals surface area contributed by atoms with Crippen LogP contribution in [-0.4, -0.2) is 36.6 Å². The highest BCUT2D eigenvalue weighted by Crippen LogP contribution is 2.43. The number of nitrogens with one attached hydrogen (secondary N) is 1. The molecule has 6 nitrogen and oxygen atoms in total. The van der Waals surface area contributed by atoms with Gasteiger partial charge in [0.15, 0.2) is 0 Å². The van der Waals surface area contributed by atoms with Crippen LogP contribution in [0.25, 0.3) is 5.57 Å². The van der Waals surface area contributed by atoms with Crippen molar-refractivity contribution in [3.05, 3.63) is 64.2 Å². The zero-order chi connectivity index (χ0) is 29.4. The minimum Gasteiger partial charge on any atom is -0.496 e. The molecular formula is C28H28F6N2O4. The molecule has 0 spiro atoms. The average Bonchev–Trinajstić information content (AvgIpc) is 3.16. The van der Waals surface area contributed by atoms with Gasteiger partial charge in [0, 0.05) is 24.7 Å². The van der Waals surface area contributed by atoms with Crippen LogP contribution in [0.1, 0.15) is 67.9 Å². The predicted octanol–water partition coefficient (Wildman–Crippen LogP) is 7.60. The number of allylic oxidation sites excluding steroid dienone is 1. The molecule has 0 saturated carbocycles. The Morgan fingerprint density at radius 1 is 1.02 bits per heavy atom. The number of hydrogen-bond donors (Lipinski definition) is 1. The molecule has 2 amide bonds. The lowest BCUT2D eigenvalue weighted by Crippen LogP contribution is -2.34. The van der Waals surface area contributed by atoms with Gasteiger partial charge in [0.1, 0.15) is 11.9 Å². The monoisotopic (exact) mass is 570 g/mol. The minimum absolute atomic E-state index is 0.0459. The third kappa shape index (κ3) is 6.20. The van der Waals surface area contributed by atoms with Crippen LogP contribution < -0.4 is 10.1 Å². The second kappa shape index (κ2) is 11.1. The smallest absolute Gasteiger partial charge is 0.416 e. The van der Waals surface area contributed by atoms with Gasteiger partial charge in [0.05, 0.1) is 24.3 Å². The van der Waals surface area contributed by atoms with Crippen LogP contribution in [0.4, 0.5) is 36.8 Å². The standard InChI is InChI=1S/C28H28F6N2O4/c1-15-25(18-10-19(27(29,30)31)12-20(11-18)28(32,33)34)40-26(38)36(15)14-17-6-4-5-7-22(17)23-13-21(35-16(2)37)8-9-24(23)39-3/h8-13,15,25H,4-7,14H2,1-3H3,(H,35,37). The van der Waals surface area contributed by atoms with Crippen LogP contribution in [0.3, 0.4) is 0 Å². The number of benzene rings is 2. The maximum atomic E-state index is 13.4. The van der Waals surface area contributed by atoms with Gasteiger partial charge in [-0.1, -0.05) is 0 Å². The third-order valence-electron chi connectivity index (χ3n) is 7.12. The largest absolute Gasteiger partial charge is 0.496 e. The second-order valence-electron chi connectivity index (χ2n) is 9.90. The Hall–Kier alpha value is -3.70. The van der Waals surface area contributed by atoms with Gasteiger partial charge in [-0.3, -0.25) is 9.69 Å². The summed E-state index contributed by atoms with van der Waals surface area (Å²) in [5, 5.41) is 2.73. The molecule has 2 aromatic carbocycles. The highest BCUT2D eigenvalue weighted by atomic mass is 19.4. The quantitative estimate of drug-likeness (QED) is 0.363. The maximum Gasteiger partial charge on any atom is 0.416 e. The number of amides is 2. The normalized spacial score (nSPS) is 20.0. The summed E-state index contributed by atoms with van der Waals surface area (Å²) in [5.74, 6) is 0.305. The van der Waals surface area contributed by atoms with Crippen molar-refractivity contribution in [2.45, 2.75) is 64.0 Å². The van der Waals surface area contributed by atoms with Crippen molar-refractivity contribution in [3.63, 3.8) is 0 Å². The molecule has 1 heterocycles. The van der Waals surface area contributed by atoms with Gasteiger partial charge in [0.25, 0.3) is 0 Å². The summed E-state index contributed by atoms with van der Waals surface area (Å²) in [6, 6.07) is 5.57. The van der Waals surface area contributed by atoms with Crippen molar-refractivity contribution in [1.29, 1.82) is 0 Å². The van der Waals surface area contributed by atoms with Gasteiger partial charge in [-0.05, 0) is 85.7 Å². The molecule has 2 unspecified atom stereocenters. The van der Waals surface area contributed by atoms with Crippen molar-refractivity contribution < 1.29 is 45.4 Å². The van der Waals surface area contributed by atoms with Crippen LogP contribution in [0.15, 0.2) is 42.0 Å². The number of halogens is 6. The summed E-state index contributed by atoms with van der Waals surface area (Å²) in [5.41, 5.74) is -0.267. The molecule has 1 aliphatic carbocycles. The Morgan fingerprint density at radius 3 is 2.23 bits per heavy atom. The van der Waals surface area contributed by atoms with E-state index in [0.29, 0.717) is 36.4 Å². The number of rotatable bonds is 6. The zero-order valence-corrected chi connectivity index (χ0v) is 22.0. The molecule has 0 bridgehead atoms. The molecule has 2 aromatic rings. The van der Waals surface area contributed by atoms with E-state index in [1.165, 1.54) is 25.9 Å². The van der Waals surface area contributed by atoms with Crippen LogP contribution >= 0.6 is 0 Å². The molecule has 2 atom stereocenters. The van der Waals surface area contributed by atoms with E-state index in [4.69, 9.17) is 9.47 Å². The molecule has 216 valence electrons. The lowest BCUT2D eigenvalue weighted by atomic mass is 9.86. The number of nitrogens with zero attached hydrogens (tertiary/aromatic N) is 1. The van der Waals surface area contributed by atoms with Crippen LogP contribution in [0.5, 0.6) is 5.75 Å². The fourth-order valence-corrected chi connectivity index (χ4v) is 5.20. The van der Waals surface area contributed by atoms with E-state index < -0.39 is 41.7 Å². The topological polar surface area (TPSA) is 67.9 Å². The Labute approximate surface area is 226 Å². The summed E-state index contributed by atoms with van der Waals surface area (Å²) in [6.07, 6.45) is -9.25. The lowest BCUT2D eigenvalue weighted by molar-refractivity contribution is -0.143. The number of alkyl halides is 6. The van der Waals surface area contributed by atoms with Crippen LogP contribution in [0, 0.1) is 0 Å². The number of carbonyl (C=O) groups excluding carboxylic acids is 2. The number of anilines is 1. The summed E-state index contributed by atoms with van der Waals surface area (Å²) in [7, 11) is 1.51. The zero-order valence-electron chi connectivity index (χ0n) is 22.0. The third-order valence-corrected chi connectivity index (χ3v) is 7.12. The number of ether oxygens (including phenoxy) is 2. The first-order valence-corrected chi connectivity index (χ1v) is 12.6. The van der Waals surface area contributed by atoms with Gasteiger partial charge in [-0.15, -0.1) is 0 Å². The van der Waals surface area contributed by atoms with Crippen molar-refractivity contribution in [1.82, 2.24) is 4.90 Å². The first-order chi connectivity index (χ1) is 18.7. The molecule has 1 fully saturated rings. The molecule has 40 heavy (non-hydrogen) atoms. The molecule has 1 aliphatic heterocycles. The van der Waals surface area contributed by atoms with Crippen molar-refractivity contribution in [2.75, 3.05) is 19.0 Å². The number of hydrogen-bond acceptors (Lipinski definition) is 4. The van der Waals surface area contributed by atoms with E-state index in [9.17, 15) is 35.9 Å². The Balaban J connectivity index is 1.69. The molecule has 0 radical (unpaired) electrons. The fraction of sp³-hybridized carbons (Fsp3) is 0.429. The molecule has 12 heteroatoms. The van der Waals surface area contributed by atoms with Gasteiger partial charge in [0.2, 0.25) is 5.91 Å². The first-order valence-electron chi connectivity index (χ1n) is 12.6. The predicted molar refractivity (Wildman–Crippen MR) is 135 cm³/mol. The molecule has 4 rings (SSSR count). The maximum absolute atomic E-state index is 13.4. The average molecular weight is 571 g/mol. The Bertz CT molecular complexity index is 1300. The van der Waals surface area contributed by atoms with Crippen molar-refractivity contribution >= 4 is 23.3 Å². The van der Waals surface area contributed by atoms with E-state index in [-0.39, 0.29) is 24.1 Å². The number of carbonyl (C=O) groups is 2. The number of methoxy groups -OCH3 is 1. The summed E-state index contributed by atoms with van der Waals surface area (Å²) >= 11 is 0. The molecule has 0 aromatic heterocycles. The lowest BCUT2D eigenvalue weighted by Gasteiger charge is -2.28. The van der Waals surface area contributed by atoms with E-state index in [2.05, 4.69) is 5.32 Å². The molecular weight excluding hydrogens is 542 g/mol. The van der Waals surface area contributed by atoms with Gasteiger partial charge in [-0.25, -0.2) is 4.79 Å². The van der Waals surface area contributed by atoms with E-state index in [0.717, 1.165) is 29.6 Å². The molecule has 1 saturated heterocycles. The second-order valence-corrected chi connectivity index (χ2v) is 9.90. The fourth-order valence-electron chi connectivity index (χ4n) is 5.20. The molecule has 1 N–H and O–H groups in total. The van der Waals surface area contributed by atoms with E-state index in [1.807, 2.05) is 0 Å². The SMILES string of the molecule is COc1ccc(NC(C)=O)cc1C1=C(CN2C(=O)OC(c3cc(C(F)(F)F)cc(C(F)(F)F)c3)C2C)CCCC1. The molecule has 2 aliphatic rings. The summed E-state index contributed by atoms with van der Waals surface area (Å²) < 4.78 is 91.4. The Morgan fingerprint density at radius 2 is 1.65 bits per heavy atom. The first kappa shape index (κ1) is 29.3. The van der Waals surface area contributed by atoms with Crippen molar-refractivity contribution in [3.8, 4) is 5.75 Å². The Kier molecular flexibility index (Phi) is 8.09.